The highest BCUT2D eigenvalue weighted by atomic mass is 32.3. The minimum Gasteiger partial charge on any atom is -0.311 e. The molecule has 430 valence electrons. The second-order valence-electron chi connectivity index (χ2n) is 30.5. The number of hydrogen-bond acceptors (Lipinski definition) is 3. The lowest BCUT2D eigenvalue weighted by Crippen LogP contribution is -2.60. The molecule has 10 aromatic rings. The van der Waals surface area contributed by atoms with Crippen LogP contribution in [0.15, 0.2) is 202 Å². The van der Waals surface area contributed by atoms with E-state index in [9.17, 15) is 0 Å². The normalized spacial score (nSPS) is 19.9. The lowest BCUT2D eigenvalue weighted by atomic mass is 9.36. The summed E-state index contributed by atoms with van der Waals surface area (Å²) in [4.78, 5) is 11.2. The Morgan fingerprint density at radius 1 is 0.395 bits per heavy atom. The van der Waals surface area contributed by atoms with Crippen LogP contribution in [0.4, 0.5) is 34.1 Å². The van der Waals surface area contributed by atoms with E-state index in [1.165, 1.54) is 160 Å². The first-order chi connectivity index (χ1) is 41.0. The number of rotatable bonds is 5. The maximum Gasteiger partial charge on any atom is 0.264 e. The van der Waals surface area contributed by atoms with Crippen molar-refractivity contribution in [1.82, 2.24) is 0 Å². The number of thiophene rings is 1. The first kappa shape index (κ1) is 54.4. The summed E-state index contributed by atoms with van der Waals surface area (Å²) in [6, 6.07) is 73.0. The van der Waals surface area contributed by atoms with Gasteiger partial charge in [0, 0.05) is 62.8 Å². The number of benzene rings is 9. The SMILES string of the molecule is Cc1cc2c3c(c1)N(c1ccc4c(c1)C(C)(C)CCC4(C)C)c1c(sc4cc5c(cc14)C(C)(C)CCC5(C)C)B3c1cc3c(cc1N2c1cc2c(cc1-c1ccccc1)C(C)(C)CCC2(C)C)-c1ccccc1S3(c1ccccc1)c1ccccc1. The molecule has 2 nitrogen and oxygen atoms in total. The quantitative estimate of drug-likeness (QED) is 0.159. The Balaban J connectivity index is 1.08. The van der Waals surface area contributed by atoms with E-state index in [-0.39, 0.29) is 39.2 Å². The Bertz CT molecular complexity index is 4460. The van der Waals surface area contributed by atoms with Gasteiger partial charge in [-0.05, 0) is 229 Å². The molecular weight excluding hydrogens is 1080 g/mol. The lowest BCUT2D eigenvalue weighted by Gasteiger charge is -2.47. The summed E-state index contributed by atoms with van der Waals surface area (Å²) in [5, 5.41) is 1.39. The molecule has 0 spiro atoms. The molecule has 0 saturated heterocycles. The molecule has 5 heteroatoms. The molecule has 4 heterocycles. The van der Waals surface area contributed by atoms with Crippen LogP contribution in [0, 0.1) is 6.92 Å². The van der Waals surface area contributed by atoms with Gasteiger partial charge in [-0.2, -0.15) is 0 Å². The van der Waals surface area contributed by atoms with Crippen molar-refractivity contribution in [3.05, 3.63) is 221 Å². The van der Waals surface area contributed by atoms with Gasteiger partial charge >= 0.3 is 0 Å². The summed E-state index contributed by atoms with van der Waals surface area (Å²) in [5.41, 5.74) is 26.2. The summed E-state index contributed by atoms with van der Waals surface area (Å²) in [7, 11) is -2.00. The van der Waals surface area contributed by atoms with E-state index in [4.69, 9.17) is 0 Å². The van der Waals surface area contributed by atoms with Gasteiger partial charge in [-0.15, -0.1) is 21.4 Å². The lowest BCUT2D eigenvalue weighted by molar-refractivity contribution is 0.332. The van der Waals surface area contributed by atoms with Crippen LogP contribution in [0.2, 0.25) is 0 Å². The third-order valence-electron chi connectivity index (χ3n) is 22.3. The largest absolute Gasteiger partial charge is 0.311 e. The smallest absolute Gasteiger partial charge is 0.264 e. The molecule has 0 unspecified atom stereocenters. The topological polar surface area (TPSA) is 6.48 Å². The molecule has 9 aromatic carbocycles. The van der Waals surface area contributed by atoms with Gasteiger partial charge in [0.05, 0.1) is 11.4 Å². The molecule has 16 rings (SSSR count). The van der Waals surface area contributed by atoms with Crippen molar-refractivity contribution in [2.45, 2.75) is 181 Å². The summed E-state index contributed by atoms with van der Waals surface area (Å²) >= 11 is 2.08. The first-order valence-corrected chi connectivity index (χ1v) is 34.4. The van der Waals surface area contributed by atoms with Gasteiger partial charge in [-0.3, -0.25) is 0 Å². The highest BCUT2D eigenvalue weighted by Gasteiger charge is 2.51. The monoisotopic (exact) mass is 1160 g/mol. The molecule has 3 aliphatic carbocycles. The fraction of sp³-hybridized carbons (Fsp3) is 0.309. The van der Waals surface area contributed by atoms with Crippen LogP contribution in [0.3, 0.4) is 0 Å². The predicted molar refractivity (Wildman–Crippen MR) is 371 cm³/mol. The van der Waals surface area contributed by atoms with E-state index in [1.807, 2.05) is 0 Å². The van der Waals surface area contributed by atoms with Gasteiger partial charge in [0.25, 0.3) is 6.71 Å². The van der Waals surface area contributed by atoms with Gasteiger partial charge in [0.1, 0.15) is 0 Å². The van der Waals surface area contributed by atoms with Crippen LogP contribution in [-0.4, -0.2) is 6.71 Å². The molecule has 0 saturated carbocycles. The Morgan fingerprint density at radius 3 is 1.50 bits per heavy atom. The number of anilines is 6. The summed E-state index contributed by atoms with van der Waals surface area (Å²) in [5.74, 6) is 0. The Morgan fingerprint density at radius 2 is 0.895 bits per heavy atom. The average Bonchev–Trinajstić information content (AvgIpc) is 1.37. The van der Waals surface area contributed by atoms with E-state index in [2.05, 4.69) is 293 Å². The molecule has 0 radical (unpaired) electrons. The second-order valence-corrected chi connectivity index (χ2v) is 34.6. The van der Waals surface area contributed by atoms with Crippen LogP contribution < -0.4 is 25.5 Å². The number of fused-ring (bicyclic) bond motifs is 12. The maximum absolute atomic E-state index is 2.79. The van der Waals surface area contributed by atoms with Gasteiger partial charge < -0.3 is 9.80 Å². The zero-order valence-corrected chi connectivity index (χ0v) is 54.5. The zero-order chi connectivity index (χ0) is 59.4. The molecule has 86 heavy (non-hydrogen) atoms. The molecule has 0 atom stereocenters. The van der Waals surface area contributed by atoms with E-state index in [1.54, 1.807) is 0 Å². The van der Waals surface area contributed by atoms with Crippen LogP contribution in [0.1, 0.15) is 161 Å². The van der Waals surface area contributed by atoms with Gasteiger partial charge in [0.2, 0.25) is 0 Å². The van der Waals surface area contributed by atoms with Gasteiger partial charge in [-0.25, -0.2) is 0 Å². The van der Waals surface area contributed by atoms with E-state index >= 15 is 0 Å². The Hall–Kier alpha value is -7.05. The van der Waals surface area contributed by atoms with Crippen molar-refractivity contribution < 1.29 is 0 Å². The molecule has 0 fully saturated rings. The number of hydrogen-bond donors (Lipinski definition) is 0. The van der Waals surface area contributed by atoms with Crippen molar-refractivity contribution >= 4 is 88.0 Å². The summed E-state index contributed by atoms with van der Waals surface area (Å²) < 4.78 is 2.84. The third-order valence-corrected chi connectivity index (χ3v) is 27.5. The maximum atomic E-state index is 2.79. The molecule has 3 aliphatic heterocycles. The van der Waals surface area contributed by atoms with Crippen LogP contribution in [0.25, 0.3) is 32.3 Å². The molecule has 0 amide bonds. The van der Waals surface area contributed by atoms with Crippen LogP contribution in [-0.2, 0) is 32.5 Å². The minimum absolute atomic E-state index is 0.0201. The fourth-order valence-electron chi connectivity index (χ4n) is 17.0. The summed E-state index contributed by atoms with van der Waals surface area (Å²) in [6.45, 7) is 32.2. The predicted octanol–water partition coefficient (Wildman–Crippen LogP) is 21.3. The fourth-order valence-corrected chi connectivity index (χ4v) is 22.6. The molecule has 6 aliphatic rings. The Kier molecular flexibility index (Phi) is 11.5. The van der Waals surface area contributed by atoms with Gasteiger partial charge in [0.15, 0.2) is 0 Å². The molecule has 1 aromatic heterocycles. The van der Waals surface area contributed by atoms with Crippen molar-refractivity contribution in [3.8, 4) is 22.3 Å². The van der Waals surface area contributed by atoms with Crippen molar-refractivity contribution in [2.24, 2.45) is 0 Å². The Labute approximate surface area is 518 Å². The highest BCUT2D eigenvalue weighted by Crippen LogP contribution is 2.80. The van der Waals surface area contributed by atoms with E-state index < -0.39 is 10.0 Å². The van der Waals surface area contributed by atoms with E-state index in [0.717, 1.165) is 19.3 Å². The van der Waals surface area contributed by atoms with Crippen molar-refractivity contribution in [1.29, 1.82) is 0 Å². The number of nitrogens with zero attached hydrogens (tertiary/aromatic N) is 2. The zero-order valence-electron chi connectivity index (χ0n) is 52.9. The second kappa shape index (κ2) is 18.3. The van der Waals surface area contributed by atoms with E-state index in [0.29, 0.717) is 0 Å². The molecule has 0 N–H and O–H groups in total. The van der Waals surface area contributed by atoms with Crippen molar-refractivity contribution in [2.75, 3.05) is 9.80 Å². The number of aryl methyl sites for hydroxylation is 1. The van der Waals surface area contributed by atoms with Crippen LogP contribution in [0.5, 0.6) is 0 Å². The minimum atomic E-state index is -2.00. The average molecular weight is 1160 g/mol. The molecule has 0 bridgehead atoms. The van der Waals surface area contributed by atoms with Gasteiger partial charge in [-0.1, -0.05) is 180 Å². The highest BCUT2D eigenvalue weighted by molar-refractivity contribution is 8.34. The molecular formula is C81H81BN2S2. The standard InChI is InChI=1S/C81H81BN2S2/c1-50-41-68-73-69(42-50)84(66-47-63-61(78(6,7)37-39-80(63,10)11)44-56(66)51-25-17-14-18-26-51)67-46-57-55-31-23-24-32-71(55)86(53-27-19-15-20-28-53,54-29-21-16-22-30-54)72(57)49-65(67)82(73)75-74(58-45-62-64(48-70(58)85-75)81(12,13)40-38-79(62,8)9)83(68)52-33-34-59-60(43-52)77(4,5)36-35-76(59,2)3/h14-34,41-49H,35-40H2,1-13H3. The third kappa shape index (κ3) is 7.58. The first-order valence-electron chi connectivity index (χ1n) is 32.0. The van der Waals surface area contributed by atoms with Crippen LogP contribution >= 0.6 is 21.4 Å². The summed E-state index contributed by atoms with van der Waals surface area (Å²) in [6.07, 6.45) is 6.99. The van der Waals surface area contributed by atoms with Crippen molar-refractivity contribution in [3.63, 3.8) is 0 Å².